The van der Waals surface area contributed by atoms with Gasteiger partial charge in [-0.2, -0.15) is 0 Å². The number of esters is 1. The van der Waals surface area contributed by atoms with E-state index in [1.165, 1.54) is 4.90 Å². The Hall–Kier alpha value is -3.17. The summed E-state index contributed by atoms with van der Waals surface area (Å²) in [6.07, 6.45) is 6.79. The number of methoxy groups -OCH3 is 1. The number of allylic oxidation sites excluding steroid dienone is 1. The lowest BCUT2D eigenvalue weighted by Crippen LogP contribution is -2.60. The van der Waals surface area contributed by atoms with E-state index in [2.05, 4.69) is 13.2 Å². The third-order valence-corrected chi connectivity index (χ3v) is 9.02. The molecule has 41 heavy (non-hydrogen) atoms. The molecule has 2 unspecified atom stereocenters. The Morgan fingerprint density at radius 3 is 2.49 bits per heavy atom. The Labute approximate surface area is 243 Å². The number of nitrogens with zero attached hydrogens (tertiary/aromatic N) is 2. The van der Waals surface area contributed by atoms with Gasteiger partial charge < -0.3 is 29.1 Å². The summed E-state index contributed by atoms with van der Waals surface area (Å²) in [5.74, 6) is -2.38. The first-order valence-corrected chi connectivity index (χ1v) is 14.6. The summed E-state index contributed by atoms with van der Waals surface area (Å²) in [6, 6.07) is 5.42. The zero-order chi connectivity index (χ0) is 29.9. The van der Waals surface area contributed by atoms with Gasteiger partial charge in [-0.05, 0) is 69.2 Å². The van der Waals surface area contributed by atoms with Gasteiger partial charge in [0.25, 0.3) is 5.91 Å². The number of amides is 2. The fourth-order valence-corrected chi connectivity index (χ4v) is 6.99. The number of ether oxygens (including phenoxy) is 3. The molecular formula is C32H44N2O7. The van der Waals surface area contributed by atoms with Gasteiger partial charge in [-0.1, -0.05) is 26.0 Å². The van der Waals surface area contributed by atoms with Gasteiger partial charge in [-0.25, -0.2) is 0 Å². The number of hydrogen-bond donors (Lipinski definition) is 1. The molecule has 0 aliphatic carbocycles. The minimum Gasteiger partial charge on any atom is -0.497 e. The molecular weight excluding hydrogens is 524 g/mol. The van der Waals surface area contributed by atoms with Crippen molar-refractivity contribution in [3.05, 3.63) is 49.6 Å². The van der Waals surface area contributed by atoms with Crippen LogP contribution in [0.25, 0.3) is 0 Å². The molecule has 3 aliphatic heterocycles. The van der Waals surface area contributed by atoms with E-state index in [0.29, 0.717) is 30.7 Å². The van der Waals surface area contributed by atoms with Gasteiger partial charge in [-0.3, -0.25) is 14.4 Å². The lowest BCUT2D eigenvalue weighted by Gasteiger charge is -2.40. The molecule has 2 bridgehead atoms. The lowest BCUT2D eigenvalue weighted by molar-refractivity contribution is -0.161. The summed E-state index contributed by atoms with van der Waals surface area (Å²) < 4.78 is 17.7. The van der Waals surface area contributed by atoms with E-state index in [9.17, 15) is 19.5 Å². The molecule has 224 valence electrons. The summed E-state index contributed by atoms with van der Waals surface area (Å²) in [4.78, 5) is 45.7. The van der Waals surface area contributed by atoms with Crippen molar-refractivity contribution in [1.82, 2.24) is 4.90 Å². The molecule has 3 heterocycles. The Morgan fingerprint density at radius 2 is 1.90 bits per heavy atom. The predicted octanol–water partition coefficient (Wildman–Crippen LogP) is 3.90. The van der Waals surface area contributed by atoms with Crippen molar-refractivity contribution < 1.29 is 33.7 Å². The van der Waals surface area contributed by atoms with Crippen LogP contribution in [-0.2, 0) is 23.9 Å². The van der Waals surface area contributed by atoms with Crippen LogP contribution in [0.5, 0.6) is 5.75 Å². The summed E-state index contributed by atoms with van der Waals surface area (Å²) in [5, 5.41) is 10.4. The Bertz CT molecular complexity index is 1150. The zero-order valence-electron chi connectivity index (χ0n) is 24.7. The predicted molar refractivity (Wildman–Crippen MR) is 155 cm³/mol. The van der Waals surface area contributed by atoms with E-state index >= 15 is 0 Å². The van der Waals surface area contributed by atoms with Crippen LogP contribution in [0.3, 0.4) is 0 Å². The van der Waals surface area contributed by atoms with Crippen LogP contribution >= 0.6 is 0 Å². The fraction of sp³-hybridized carbons (Fsp3) is 0.594. The largest absolute Gasteiger partial charge is 0.497 e. The first-order chi connectivity index (χ1) is 19.6. The summed E-state index contributed by atoms with van der Waals surface area (Å²) in [7, 11) is 1.57. The number of carbonyl (C=O) groups is 3. The Morgan fingerprint density at radius 1 is 1.20 bits per heavy atom. The highest BCUT2D eigenvalue weighted by atomic mass is 16.6. The van der Waals surface area contributed by atoms with Crippen molar-refractivity contribution in [3.8, 4) is 5.75 Å². The highest BCUT2D eigenvalue weighted by Gasteiger charge is 2.79. The number of carbonyl (C=O) groups excluding carboxylic acids is 3. The maximum absolute atomic E-state index is 14.6. The second-order valence-corrected chi connectivity index (χ2v) is 11.9. The molecule has 2 amide bonds. The number of anilines is 1. The minimum absolute atomic E-state index is 0.147. The molecule has 6 atom stereocenters. The number of fused-ring (bicyclic) bond motifs is 1. The van der Waals surface area contributed by atoms with Crippen LogP contribution in [0.1, 0.15) is 52.9 Å². The molecule has 4 rings (SSSR count). The molecule has 9 nitrogen and oxygen atoms in total. The van der Waals surface area contributed by atoms with E-state index in [1.54, 1.807) is 42.4 Å². The maximum Gasteiger partial charge on any atom is 0.312 e. The Kier molecular flexibility index (Phi) is 9.29. The van der Waals surface area contributed by atoms with E-state index < -0.39 is 41.1 Å². The molecule has 0 saturated carbocycles. The van der Waals surface area contributed by atoms with Gasteiger partial charge in [0.2, 0.25) is 5.91 Å². The summed E-state index contributed by atoms with van der Waals surface area (Å²) >= 11 is 0. The molecule has 1 spiro atoms. The van der Waals surface area contributed by atoms with Crippen molar-refractivity contribution in [2.24, 2.45) is 17.8 Å². The topological polar surface area (TPSA) is 106 Å². The number of hydrogen-bond acceptors (Lipinski definition) is 7. The van der Waals surface area contributed by atoms with E-state index in [-0.39, 0.29) is 37.5 Å². The lowest BCUT2D eigenvalue weighted by atomic mass is 9.66. The van der Waals surface area contributed by atoms with E-state index in [0.717, 1.165) is 12.8 Å². The molecule has 1 N–H and O–H groups in total. The summed E-state index contributed by atoms with van der Waals surface area (Å²) in [5.41, 5.74) is -1.54. The van der Waals surface area contributed by atoms with E-state index in [4.69, 9.17) is 14.2 Å². The number of aliphatic hydroxyl groups excluding tert-OH is 1. The number of aliphatic hydroxyl groups is 1. The monoisotopic (exact) mass is 568 g/mol. The SMILES string of the molecule is C=CCCCCOC(=O)[C@H]1[C@H]2C(=O)N([C@@H](CO)C(C)C)C(C(=O)N(CC=C)c3ccc(OC)cc3)C23CC[C@]1(C)O3. The summed E-state index contributed by atoms with van der Waals surface area (Å²) in [6.45, 7) is 13.3. The van der Waals surface area contributed by atoms with Gasteiger partial charge >= 0.3 is 5.97 Å². The number of unbranched alkanes of at least 4 members (excludes halogenated alkanes) is 2. The molecule has 3 aliphatic rings. The highest BCUT2D eigenvalue weighted by molar-refractivity contribution is 6.05. The van der Waals surface area contributed by atoms with Gasteiger partial charge in [0, 0.05) is 12.2 Å². The van der Waals surface area contributed by atoms with Gasteiger partial charge in [-0.15, -0.1) is 13.2 Å². The molecule has 1 aromatic carbocycles. The van der Waals surface area contributed by atoms with Crippen molar-refractivity contribution in [2.75, 3.05) is 31.8 Å². The maximum atomic E-state index is 14.6. The number of likely N-dealkylation sites (tertiary alicyclic amines) is 1. The highest BCUT2D eigenvalue weighted by Crippen LogP contribution is 2.64. The average Bonchev–Trinajstić information content (AvgIpc) is 3.52. The van der Waals surface area contributed by atoms with E-state index in [1.807, 2.05) is 26.8 Å². The van der Waals surface area contributed by atoms with Crippen molar-refractivity contribution >= 4 is 23.5 Å². The molecule has 0 aromatic heterocycles. The van der Waals surface area contributed by atoms with Gasteiger partial charge in [0.15, 0.2) is 0 Å². The number of rotatable bonds is 14. The molecule has 1 aromatic rings. The quantitative estimate of drug-likeness (QED) is 0.206. The third kappa shape index (κ3) is 5.30. The van der Waals surface area contributed by atoms with Crippen LogP contribution in [0.2, 0.25) is 0 Å². The first kappa shape index (κ1) is 30.8. The van der Waals surface area contributed by atoms with Crippen molar-refractivity contribution in [3.63, 3.8) is 0 Å². The molecule has 9 heteroatoms. The first-order valence-electron chi connectivity index (χ1n) is 14.6. The van der Waals surface area contributed by atoms with Crippen LogP contribution in [0, 0.1) is 17.8 Å². The Balaban J connectivity index is 1.75. The van der Waals surface area contributed by atoms with Crippen molar-refractivity contribution in [2.45, 2.75) is 76.2 Å². The normalized spacial score (nSPS) is 28.9. The van der Waals surface area contributed by atoms with Crippen molar-refractivity contribution in [1.29, 1.82) is 0 Å². The second kappa shape index (κ2) is 12.4. The van der Waals surface area contributed by atoms with Gasteiger partial charge in [0.05, 0.1) is 37.9 Å². The van der Waals surface area contributed by atoms with Crippen LogP contribution < -0.4 is 9.64 Å². The van der Waals surface area contributed by atoms with Gasteiger partial charge in [0.1, 0.15) is 23.3 Å². The zero-order valence-corrected chi connectivity index (χ0v) is 24.7. The van der Waals surface area contributed by atoms with Crippen LogP contribution in [0.4, 0.5) is 5.69 Å². The van der Waals surface area contributed by atoms with Crippen LogP contribution in [-0.4, -0.2) is 77.9 Å². The standard InChI is InChI=1S/C32H44N2O7/c1-7-9-10-11-19-40-30(38)26-25-28(36)34(24(20-35)21(3)4)27(32(25)17-16-31(26,5)41-32)29(37)33(18-8-2)22-12-14-23(39-6)15-13-22/h7-8,12-15,21,24-27,35H,1-2,9-11,16-20H2,3-6H3/t24-,25-,26+,27?,31-,32?/m0/s1. The average molecular weight is 569 g/mol. The number of benzene rings is 1. The smallest absolute Gasteiger partial charge is 0.312 e. The third-order valence-electron chi connectivity index (χ3n) is 9.02. The van der Waals surface area contributed by atoms with Crippen LogP contribution in [0.15, 0.2) is 49.6 Å². The molecule has 0 radical (unpaired) electrons. The molecule has 3 saturated heterocycles. The fourth-order valence-electron chi connectivity index (χ4n) is 6.99. The minimum atomic E-state index is -1.22. The second-order valence-electron chi connectivity index (χ2n) is 11.9. The molecule has 3 fully saturated rings.